The second-order valence-electron chi connectivity index (χ2n) is 3.69. The Kier molecular flexibility index (Phi) is 4.55. The minimum absolute atomic E-state index is 0.0440. The first kappa shape index (κ1) is 12.0. The number of nitrogens with zero attached hydrogens (tertiary/aromatic N) is 1. The Bertz CT molecular complexity index is 237. The first-order valence-corrected chi connectivity index (χ1v) is 5.32. The van der Waals surface area contributed by atoms with Gasteiger partial charge in [-0.1, -0.05) is 6.92 Å². The van der Waals surface area contributed by atoms with E-state index in [9.17, 15) is 9.59 Å². The summed E-state index contributed by atoms with van der Waals surface area (Å²) in [5, 5.41) is 2.66. The van der Waals surface area contributed by atoms with Gasteiger partial charge in [-0.15, -0.1) is 0 Å². The Morgan fingerprint density at radius 3 is 2.53 bits per heavy atom. The molecule has 1 N–H and O–H groups in total. The summed E-state index contributed by atoms with van der Waals surface area (Å²) in [4.78, 5) is 24.6. The summed E-state index contributed by atoms with van der Waals surface area (Å²) in [5.74, 6) is -0.954. The summed E-state index contributed by atoms with van der Waals surface area (Å²) in [6.07, 6.45) is 0.822. The molecule has 2 amide bonds. The van der Waals surface area contributed by atoms with Gasteiger partial charge in [0.25, 0.3) is 0 Å². The van der Waals surface area contributed by atoms with Crippen molar-refractivity contribution in [1.29, 1.82) is 0 Å². The van der Waals surface area contributed by atoms with Crippen molar-refractivity contribution in [2.24, 2.45) is 0 Å². The van der Waals surface area contributed by atoms with Gasteiger partial charge in [-0.05, 0) is 13.3 Å². The second kappa shape index (κ2) is 5.70. The number of amides is 2. The molecule has 15 heavy (non-hydrogen) atoms. The van der Waals surface area contributed by atoms with Gasteiger partial charge < -0.3 is 15.0 Å². The van der Waals surface area contributed by atoms with Crippen LogP contribution in [0.4, 0.5) is 0 Å². The lowest BCUT2D eigenvalue weighted by Crippen LogP contribution is -2.49. The van der Waals surface area contributed by atoms with E-state index in [1.807, 2.05) is 13.8 Å². The molecular formula is C10H18N2O3. The highest BCUT2D eigenvalue weighted by atomic mass is 16.5. The zero-order chi connectivity index (χ0) is 11.3. The van der Waals surface area contributed by atoms with E-state index in [1.165, 1.54) is 4.90 Å². The molecule has 1 heterocycles. The molecular weight excluding hydrogens is 196 g/mol. The fourth-order valence-corrected chi connectivity index (χ4v) is 1.30. The summed E-state index contributed by atoms with van der Waals surface area (Å²) in [5.41, 5.74) is 0. The van der Waals surface area contributed by atoms with E-state index in [-0.39, 0.29) is 6.04 Å². The maximum atomic E-state index is 11.6. The Balaban J connectivity index is 2.41. The maximum Gasteiger partial charge on any atom is 0.312 e. The lowest BCUT2D eigenvalue weighted by atomic mass is 10.2. The number of carbonyl (C=O) groups is 2. The third-order valence-corrected chi connectivity index (χ3v) is 2.48. The van der Waals surface area contributed by atoms with Crippen LogP contribution in [-0.2, 0) is 14.3 Å². The van der Waals surface area contributed by atoms with Crippen molar-refractivity contribution in [2.45, 2.75) is 26.3 Å². The SMILES string of the molecule is CCC(C)NC(=O)C(=O)N1CCOCC1. The molecule has 1 aliphatic rings. The lowest BCUT2D eigenvalue weighted by Gasteiger charge is -2.26. The van der Waals surface area contributed by atoms with Crippen molar-refractivity contribution in [2.75, 3.05) is 26.3 Å². The minimum Gasteiger partial charge on any atom is -0.378 e. The van der Waals surface area contributed by atoms with Crippen molar-refractivity contribution >= 4 is 11.8 Å². The highest BCUT2D eigenvalue weighted by Gasteiger charge is 2.23. The number of rotatable bonds is 2. The molecule has 86 valence electrons. The van der Waals surface area contributed by atoms with Crippen LogP contribution in [0, 0.1) is 0 Å². The van der Waals surface area contributed by atoms with Gasteiger partial charge in [0.2, 0.25) is 0 Å². The van der Waals surface area contributed by atoms with Gasteiger partial charge in [0.15, 0.2) is 0 Å². The van der Waals surface area contributed by atoms with Crippen LogP contribution in [0.1, 0.15) is 20.3 Å². The van der Waals surface area contributed by atoms with Crippen molar-refractivity contribution in [1.82, 2.24) is 10.2 Å². The molecule has 0 aliphatic carbocycles. The standard InChI is InChI=1S/C10H18N2O3/c1-3-8(2)11-9(13)10(14)12-4-6-15-7-5-12/h8H,3-7H2,1-2H3,(H,11,13). The number of morpholine rings is 1. The number of carbonyl (C=O) groups excluding carboxylic acids is 2. The molecule has 0 spiro atoms. The fourth-order valence-electron chi connectivity index (χ4n) is 1.30. The largest absolute Gasteiger partial charge is 0.378 e. The summed E-state index contributed by atoms with van der Waals surface area (Å²) < 4.78 is 5.11. The van der Waals surface area contributed by atoms with Crippen molar-refractivity contribution < 1.29 is 14.3 Å². The zero-order valence-electron chi connectivity index (χ0n) is 9.28. The predicted molar refractivity (Wildman–Crippen MR) is 55.3 cm³/mol. The number of hydrogen-bond donors (Lipinski definition) is 1. The van der Waals surface area contributed by atoms with Gasteiger partial charge >= 0.3 is 11.8 Å². The maximum absolute atomic E-state index is 11.6. The van der Waals surface area contributed by atoms with Crippen LogP contribution in [0.25, 0.3) is 0 Å². The number of ether oxygens (including phenoxy) is 1. The third-order valence-electron chi connectivity index (χ3n) is 2.48. The molecule has 1 saturated heterocycles. The molecule has 0 bridgehead atoms. The molecule has 0 radical (unpaired) electrons. The van der Waals surface area contributed by atoms with Crippen LogP contribution in [-0.4, -0.2) is 49.1 Å². The molecule has 0 aromatic carbocycles. The van der Waals surface area contributed by atoms with Gasteiger partial charge in [0.1, 0.15) is 0 Å². The Morgan fingerprint density at radius 2 is 2.00 bits per heavy atom. The van der Waals surface area contributed by atoms with Crippen molar-refractivity contribution in [3.63, 3.8) is 0 Å². The second-order valence-corrected chi connectivity index (χ2v) is 3.69. The van der Waals surface area contributed by atoms with Gasteiger partial charge in [0.05, 0.1) is 13.2 Å². The molecule has 0 aromatic heterocycles. The van der Waals surface area contributed by atoms with E-state index >= 15 is 0 Å². The predicted octanol–water partition coefficient (Wildman–Crippen LogP) is -0.240. The first-order chi connectivity index (χ1) is 7.15. The van der Waals surface area contributed by atoms with Crippen LogP contribution in [0.5, 0.6) is 0 Å². The smallest absolute Gasteiger partial charge is 0.312 e. The molecule has 0 saturated carbocycles. The monoisotopic (exact) mass is 214 g/mol. The van der Waals surface area contributed by atoms with Crippen molar-refractivity contribution in [3.05, 3.63) is 0 Å². The fraction of sp³-hybridized carbons (Fsp3) is 0.800. The number of hydrogen-bond acceptors (Lipinski definition) is 3. The van der Waals surface area contributed by atoms with E-state index in [0.717, 1.165) is 6.42 Å². The van der Waals surface area contributed by atoms with Gasteiger partial charge in [0, 0.05) is 19.1 Å². The summed E-state index contributed by atoms with van der Waals surface area (Å²) >= 11 is 0. The molecule has 1 atom stereocenters. The summed E-state index contributed by atoms with van der Waals surface area (Å²) in [6, 6.07) is 0.0440. The number of nitrogens with one attached hydrogen (secondary N) is 1. The highest BCUT2D eigenvalue weighted by Crippen LogP contribution is 1.98. The van der Waals surface area contributed by atoms with Crippen LogP contribution in [0.2, 0.25) is 0 Å². The average molecular weight is 214 g/mol. The lowest BCUT2D eigenvalue weighted by molar-refractivity contribution is -0.148. The minimum atomic E-state index is -0.508. The van der Waals surface area contributed by atoms with Crippen molar-refractivity contribution in [3.8, 4) is 0 Å². The van der Waals surface area contributed by atoms with Crippen LogP contribution < -0.4 is 5.32 Å². The topological polar surface area (TPSA) is 58.6 Å². The third kappa shape index (κ3) is 3.51. The molecule has 1 rings (SSSR count). The normalized spacial score (nSPS) is 18.4. The van der Waals surface area contributed by atoms with Crippen LogP contribution in [0.3, 0.4) is 0 Å². The zero-order valence-corrected chi connectivity index (χ0v) is 9.28. The summed E-state index contributed by atoms with van der Waals surface area (Å²) in [7, 11) is 0. The van der Waals surface area contributed by atoms with E-state index < -0.39 is 11.8 Å². The van der Waals surface area contributed by atoms with Gasteiger partial charge in [-0.25, -0.2) is 0 Å². The first-order valence-electron chi connectivity index (χ1n) is 5.32. The van der Waals surface area contributed by atoms with Crippen LogP contribution >= 0.6 is 0 Å². The van der Waals surface area contributed by atoms with E-state index in [0.29, 0.717) is 26.3 Å². The quantitative estimate of drug-likeness (QED) is 0.645. The highest BCUT2D eigenvalue weighted by molar-refractivity contribution is 6.35. The molecule has 0 aromatic rings. The Morgan fingerprint density at radius 1 is 1.40 bits per heavy atom. The molecule has 1 fully saturated rings. The molecule has 1 aliphatic heterocycles. The molecule has 5 heteroatoms. The molecule has 1 unspecified atom stereocenters. The Labute approximate surface area is 89.8 Å². The summed E-state index contributed by atoms with van der Waals surface area (Å²) in [6.45, 7) is 5.89. The van der Waals surface area contributed by atoms with E-state index in [2.05, 4.69) is 5.32 Å². The van der Waals surface area contributed by atoms with Gasteiger partial charge in [-0.2, -0.15) is 0 Å². The Hall–Kier alpha value is -1.10. The molecule has 5 nitrogen and oxygen atoms in total. The average Bonchev–Trinajstić information content (AvgIpc) is 2.29. The van der Waals surface area contributed by atoms with E-state index in [1.54, 1.807) is 0 Å². The van der Waals surface area contributed by atoms with Gasteiger partial charge in [-0.3, -0.25) is 9.59 Å². The van der Waals surface area contributed by atoms with Crippen LogP contribution in [0.15, 0.2) is 0 Å². The van der Waals surface area contributed by atoms with E-state index in [4.69, 9.17) is 4.74 Å².